The minimum Gasteiger partial charge on any atom is -0.327 e. The molecule has 2 rings (SSSR count). The average molecular weight is 298 g/mol. The fraction of sp³-hybridized carbons (Fsp3) is 0.200. The van der Waals surface area contributed by atoms with Crippen molar-refractivity contribution in [1.82, 2.24) is 0 Å². The molecule has 0 bridgehead atoms. The Balaban J connectivity index is 2.30. The summed E-state index contributed by atoms with van der Waals surface area (Å²) in [5.41, 5.74) is 5.36. The van der Waals surface area contributed by atoms with Crippen molar-refractivity contribution in [3.8, 4) is 0 Å². The van der Waals surface area contributed by atoms with Gasteiger partial charge in [0.2, 0.25) is 0 Å². The maximum Gasteiger partial charge on any atom is 0.152 e. The first-order chi connectivity index (χ1) is 9.05. The molecule has 0 heterocycles. The van der Waals surface area contributed by atoms with Gasteiger partial charge in [-0.05, 0) is 23.3 Å². The molecule has 0 spiro atoms. The van der Waals surface area contributed by atoms with E-state index >= 15 is 0 Å². The molecule has 2 aromatic carbocycles. The zero-order valence-electron chi connectivity index (χ0n) is 10.2. The van der Waals surface area contributed by atoms with Gasteiger partial charge in [0.25, 0.3) is 0 Å². The molecule has 0 amide bonds. The predicted molar refractivity (Wildman–Crippen MR) is 78.4 cm³/mol. The molecule has 0 fully saturated rings. The molecule has 1 atom stereocenters. The number of alkyl halides is 1. The molecular formula is C15H14Cl2FN. The first kappa shape index (κ1) is 14.3. The molecule has 2 aromatic rings. The highest BCUT2D eigenvalue weighted by Gasteiger charge is 2.30. The van der Waals surface area contributed by atoms with Crippen LogP contribution in [0.25, 0.3) is 0 Å². The van der Waals surface area contributed by atoms with E-state index in [0.717, 1.165) is 5.56 Å². The van der Waals surface area contributed by atoms with Crippen LogP contribution in [0.5, 0.6) is 0 Å². The van der Waals surface area contributed by atoms with Crippen LogP contribution in [-0.2, 0) is 12.1 Å². The Bertz CT molecular complexity index is 559. The molecule has 1 unspecified atom stereocenters. The summed E-state index contributed by atoms with van der Waals surface area (Å²) >= 11 is 11.8. The number of hydrogen-bond donors (Lipinski definition) is 1. The Hall–Kier alpha value is -1.09. The van der Waals surface area contributed by atoms with Crippen molar-refractivity contribution in [2.45, 2.75) is 12.1 Å². The summed E-state index contributed by atoms with van der Waals surface area (Å²) in [4.78, 5) is 0. The molecule has 0 aliphatic heterocycles. The van der Waals surface area contributed by atoms with E-state index < -0.39 is 5.67 Å². The van der Waals surface area contributed by atoms with Crippen LogP contribution in [0.2, 0.25) is 10.0 Å². The van der Waals surface area contributed by atoms with Gasteiger partial charge in [-0.1, -0.05) is 59.6 Å². The molecule has 0 radical (unpaired) electrons. The minimum atomic E-state index is -1.60. The van der Waals surface area contributed by atoms with E-state index in [2.05, 4.69) is 0 Å². The van der Waals surface area contributed by atoms with Crippen LogP contribution in [0.4, 0.5) is 4.39 Å². The lowest BCUT2D eigenvalue weighted by atomic mass is 9.89. The number of benzene rings is 2. The van der Waals surface area contributed by atoms with Gasteiger partial charge in [-0.3, -0.25) is 0 Å². The first-order valence-corrected chi connectivity index (χ1v) is 6.69. The van der Waals surface area contributed by atoms with Gasteiger partial charge < -0.3 is 5.73 Å². The van der Waals surface area contributed by atoms with Crippen molar-refractivity contribution in [2.24, 2.45) is 5.73 Å². The Morgan fingerprint density at radius 2 is 1.68 bits per heavy atom. The van der Waals surface area contributed by atoms with Gasteiger partial charge >= 0.3 is 0 Å². The summed E-state index contributed by atoms with van der Waals surface area (Å²) in [6.07, 6.45) is 0.171. The lowest BCUT2D eigenvalue weighted by Gasteiger charge is -2.24. The third-order valence-electron chi connectivity index (χ3n) is 3.08. The van der Waals surface area contributed by atoms with E-state index in [-0.39, 0.29) is 13.0 Å². The molecule has 1 nitrogen and oxygen atoms in total. The van der Waals surface area contributed by atoms with Crippen LogP contribution in [0.15, 0.2) is 48.5 Å². The average Bonchev–Trinajstić information content (AvgIpc) is 2.44. The highest BCUT2D eigenvalue weighted by Crippen LogP contribution is 2.31. The Morgan fingerprint density at radius 1 is 1.00 bits per heavy atom. The molecule has 0 aromatic heterocycles. The maximum atomic E-state index is 15.0. The van der Waals surface area contributed by atoms with Gasteiger partial charge in [0.05, 0.1) is 10.0 Å². The summed E-state index contributed by atoms with van der Waals surface area (Å²) < 4.78 is 15.0. The van der Waals surface area contributed by atoms with E-state index in [0.29, 0.717) is 15.6 Å². The molecule has 2 N–H and O–H groups in total. The monoisotopic (exact) mass is 297 g/mol. The highest BCUT2D eigenvalue weighted by molar-refractivity contribution is 6.42. The van der Waals surface area contributed by atoms with E-state index in [1.165, 1.54) is 0 Å². The summed E-state index contributed by atoms with van der Waals surface area (Å²) in [5.74, 6) is 0. The van der Waals surface area contributed by atoms with Gasteiger partial charge in [0, 0.05) is 13.0 Å². The Morgan fingerprint density at radius 3 is 2.26 bits per heavy atom. The second-order valence-corrected chi connectivity index (χ2v) is 5.28. The van der Waals surface area contributed by atoms with Crippen molar-refractivity contribution < 1.29 is 4.39 Å². The SMILES string of the molecule is NCC(F)(Cc1ccc(Cl)c(Cl)c1)c1ccccc1. The quantitative estimate of drug-likeness (QED) is 0.891. The molecular weight excluding hydrogens is 284 g/mol. The van der Waals surface area contributed by atoms with Crippen molar-refractivity contribution in [2.75, 3.05) is 6.54 Å². The smallest absolute Gasteiger partial charge is 0.152 e. The number of nitrogens with two attached hydrogens (primary N) is 1. The first-order valence-electron chi connectivity index (χ1n) is 5.93. The third kappa shape index (κ3) is 3.27. The number of halogens is 3. The van der Waals surface area contributed by atoms with Gasteiger partial charge in [-0.15, -0.1) is 0 Å². The molecule has 0 saturated heterocycles. The second kappa shape index (κ2) is 5.91. The molecule has 0 aliphatic rings. The van der Waals surface area contributed by atoms with Crippen molar-refractivity contribution in [1.29, 1.82) is 0 Å². The Kier molecular flexibility index (Phi) is 4.46. The van der Waals surface area contributed by atoms with Gasteiger partial charge in [0.15, 0.2) is 5.67 Å². The molecule has 100 valence electrons. The summed E-state index contributed by atoms with van der Waals surface area (Å²) in [5, 5.41) is 0.883. The zero-order valence-corrected chi connectivity index (χ0v) is 11.8. The van der Waals surface area contributed by atoms with Gasteiger partial charge in [-0.25, -0.2) is 4.39 Å². The molecule has 0 saturated carbocycles. The lowest BCUT2D eigenvalue weighted by Crippen LogP contribution is -2.32. The van der Waals surface area contributed by atoms with Crippen molar-refractivity contribution in [3.05, 3.63) is 69.7 Å². The standard InChI is InChI=1S/C15H14Cl2FN/c16-13-7-6-11(8-14(13)17)9-15(18,10-19)12-4-2-1-3-5-12/h1-8H,9-10,19H2. The summed E-state index contributed by atoms with van der Waals surface area (Å²) in [6, 6.07) is 14.0. The van der Waals surface area contributed by atoms with Crippen molar-refractivity contribution >= 4 is 23.2 Å². The van der Waals surface area contributed by atoms with Crippen LogP contribution in [-0.4, -0.2) is 6.54 Å². The normalized spacial score (nSPS) is 14.1. The van der Waals surface area contributed by atoms with Gasteiger partial charge in [-0.2, -0.15) is 0 Å². The molecule has 0 aliphatic carbocycles. The largest absolute Gasteiger partial charge is 0.327 e. The van der Waals surface area contributed by atoms with E-state index in [4.69, 9.17) is 28.9 Å². The fourth-order valence-electron chi connectivity index (χ4n) is 2.00. The fourth-order valence-corrected chi connectivity index (χ4v) is 2.32. The Labute approximate surface area is 122 Å². The summed E-state index contributed by atoms with van der Waals surface area (Å²) in [7, 11) is 0. The molecule has 4 heteroatoms. The van der Waals surface area contributed by atoms with E-state index in [1.54, 1.807) is 42.5 Å². The minimum absolute atomic E-state index is 0.0861. The molecule has 19 heavy (non-hydrogen) atoms. The zero-order chi connectivity index (χ0) is 13.9. The van der Waals surface area contributed by atoms with E-state index in [9.17, 15) is 4.39 Å². The van der Waals surface area contributed by atoms with Crippen LogP contribution >= 0.6 is 23.2 Å². The highest BCUT2D eigenvalue weighted by atomic mass is 35.5. The third-order valence-corrected chi connectivity index (χ3v) is 3.82. The van der Waals surface area contributed by atoms with Crippen molar-refractivity contribution in [3.63, 3.8) is 0 Å². The predicted octanol–water partition coefficient (Wildman–Crippen LogP) is 4.36. The second-order valence-electron chi connectivity index (χ2n) is 4.46. The summed E-state index contributed by atoms with van der Waals surface area (Å²) in [6.45, 7) is -0.0861. The van der Waals surface area contributed by atoms with Crippen LogP contribution in [0, 0.1) is 0 Å². The lowest BCUT2D eigenvalue weighted by molar-refractivity contribution is 0.175. The van der Waals surface area contributed by atoms with Crippen LogP contribution < -0.4 is 5.73 Å². The number of hydrogen-bond acceptors (Lipinski definition) is 1. The number of rotatable bonds is 4. The van der Waals surface area contributed by atoms with E-state index in [1.807, 2.05) is 6.07 Å². The topological polar surface area (TPSA) is 26.0 Å². The van der Waals surface area contributed by atoms with Crippen LogP contribution in [0.3, 0.4) is 0 Å². The van der Waals surface area contributed by atoms with Gasteiger partial charge in [0.1, 0.15) is 0 Å². The maximum absolute atomic E-state index is 15.0. The van der Waals surface area contributed by atoms with Crippen LogP contribution in [0.1, 0.15) is 11.1 Å².